The molecule has 4 heteroatoms. The minimum Gasteiger partial charge on any atom is -0.453 e. The summed E-state index contributed by atoms with van der Waals surface area (Å²) in [5.41, 5.74) is 0.647. The van der Waals surface area contributed by atoms with Crippen molar-refractivity contribution in [3.05, 3.63) is 45.8 Å². The van der Waals surface area contributed by atoms with E-state index in [2.05, 4.69) is 15.9 Å². The van der Waals surface area contributed by atoms with Crippen molar-refractivity contribution >= 4 is 33.2 Å². The average molecular weight is 267 g/mol. The smallest absolute Gasteiger partial charge is 0.197 e. The molecule has 0 spiro atoms. The van der Waals surface area contributed by atoms with E-state index in [1.807, 2.05) is 0 Å². The van der Waals surface area contributed by atoms with Crippen LogP contribution in [0.25, 0.3) is 11.0 Å². The summed E-state index contributed by atoms with van der Waals surface area (Å²) >= 11 is 3.17. The highest BCUT2D eigenvalue weighted by molar-refractivity contribution is 9.08. The highest BCUT2D eigenvalue weighted by Gasteiger charge is 2.11. The Morgan fingerprint density at radius 3 is 2.73 bits per heavy atom. The summed E-state index contributed by atoms with van der Waals surface area (Å²) in [6.07, 6.45) is 0.560. The molecule has 0 saturated carbocycles. The second-order valence-electron chi connectivity index (χ2n) is 3.02. The van der Waals surface area contributed by atoms with Gasteiger partial charge in [-0.15, -0.1) is 0 Å². The zero-order valence-electron chi connectivity index (χ0n) is 7.70. The standard InChI is InChI=1S/C11H7BrO3/c12-5-8-10(6-13)15-9-4-2-1-3-7(9)11(8)14/h1-4,6H,5H2. The Hall–Kier alpha value is -1.42. The number of hydrogen-bond acceptors (Lipinski definition) is 3. The highest BCUT2D eigenvalue weighted by Crippen LogP contribution is 2.15. The second-order valence-corrected chi connectivity index (χ2v) is 3.58. The van der Waals surface area contributed by atoms with Crippen LogP contribution in [-0.2, 0) is 5.33 Å². The average Bonchev–Trinajstić information content (AvgIpc) is 2.29. The molecule has 1 aromatic heterocycles. The van der Waals surface area contributed by atoms with Gasteiger partial charge < -0.3 is 4.42 Å². The van der Waals surface area contributed by atoms with Crippen LogP contribution in [0.3, 0.4) is 0 Å². The van der Waals surface area contributed by atoms with Gasteiger partial charge in [-0.05, 0) is 12.1 Å². The maximum atomic E-state index is 11.9. The van der Waals surface area contributed by atoms with Crippen molar-refractivity contribution in [3.8, 4) is 0 Å². The second kappa shape index (κ2) is 3.98. The van der Waals surface area contributed by atoms with Gasteiger partial charge >= 0.3 is 0 Å². The van der Waals surface area contributed by atoms with E-state index in [-0.39, 0.29) is 11.2 Å². The molecule has 0 atom stereocenters. The van der Waals surface area contributed by atoms with Gasteiger partial charge in [-0.25, -0.2) is 0 Å². The van der Waals surface area contributed by atoms with Gasteiger partial charge in [0.2, 0.25) is 0 Å². The SMILES string of the molecule is O=Cc1oc2ccccc2c(=O)c1CBr. The normalized spacial score (nSPS) is 10.5. The van der Waals surface area contributed by atoms with Crippen LogP contribution in [0.2, 0.25) is 0 Å². The van der Waals surface area contributed by atoms with Crippen LogP contribution >= 0.6 is 15.9 Å². The summed E-state index contributed by atoms with van der Waals surface area (Å²) < 4.78 is 5.32. The fourth-order valence-corrected chi connectivity index (χ4v) is 1.95. The number of para-hydroxylation sites is 1. The van der Waals surface area contributed by atoms with Crippen molar-refractivity contribution in [2.75, 3.05) is 0 Å². The lowest BCUT2D eigenvalue weighted by Crippen LogP contribution is -2.10. The van der Waals surface area contributed by atoms with E-state index in [9.17, 15) is 9.59 Å². The van der Waals surface area contributed by atoms with E-state index in [4.69, 9.17) is 4.42 Å². The first kappa shape index (κ1) is 10.1. The molecule has 0 amide bonds. The zero-order valence-corrected chi connectivity index (χ0v) is 9.28. The van der Waals surface area contributed by atoms with Crippen LogP contribution < -0.4 is 5.43 Å². The van der Waals surface area contributed by atoms with Crippen molar-refractivity contribution in [2.45, 2.75) is 5.33 Å². The number of benzene rings is 1. The lowest BCUT2D eigenvalue weighted by Gasteiger charge is -2.02. The molecule has 2 rings (SSSR count). The molecular weight excluding hydrogens is 260 g/mol. The maximum absolute atomic E-state index is 11.9. The van der Waals surface area contributed by atoms with Crippen LogP contribution in [0, 0.1) is 0 Å². The fourth-order valence-electron chi connectivity index (χ4n) is 1.42. The molecule has 0 aliphatic rings. The van der Waals surface area contributed by atoms with E-state index >= 15 is 0 Å². The van der Waals surface area contributed by atoms with Crippen molar-refractivity contribution < 1.29 is 9.21 Å². The van der Waals surface area contributed by atoms with Gasteiger partial charge in [0.05, 0.1) is 10.9 Å². The summed E-state index contributed by atoms with van der Waals surface area (Å²) in [4.78, 5) is 22.6. The first-order chi connectivity index (χ1) is 7.27. The minimum absolute atomic E-state index is 0.0931. The molecule has 3 nitrogen and oxygen atoms in total. The third-order valence-electron chi connectivity index (χ3n) is 2.16. The third-order valence-corrected chi connectivity index (χ3v) is 2.72. The van der Waals surface area contributed by atoms with Gasteiger partial charge in [0.25, 0.3) is 0 Å². The zero-order chi connectivity index (χ0) is 10.8. The molecule has 2 aromatic rings. The molecule has 0 saturated heterocycles. The minimum atomic E-state index is -0.157. The molecule has 1 heterocycles. The number of hydrogen-bond donors (Lipinski definition) is 0. The van der Waals surface area contributed by atoms with Gasteiger partial charge in [-0.2, -0.15) is 0 Å². The van der Waals surface area contributed by atoms with Gasteiger partial charge in [0, 0.05) is 5.33 Å². The first-order valence-electron chi connectivity index (χ1n) is 4.33. The Balaban J connectivity index is 2.94. The predicted molar refractivity (Wildman–Crippen MR) is 60.5 cm³/mol. The van der Waals surface area contributed by atoms with Gasteiger partial charge in [0.1, 0.15) is 5.58 Å². The molecule has 0 unspecified atom stereocenters. The Kier molecular flexibility index (Phi) is 2.68. The first-order valence-corrected chi connectivity index (χ1v) is 5.46. The Bertz CT molecular complexity index is 572. The molecule has 1 aromatic carbocycles. The summed E-state index contributed by atoms with van der Waals surface area (Å²) in [6, 6.07) is 6.87. The maximum Gasteiger partial charge on any atom is 0.197 e. The monoisotopic (exact) mass is 266 g/mol. The van der Waals surface area contributed by atoms with Crippen LogP contribution in [0.5, 0.6) is 0 Å². The molecule has 76 valence electrons. The number of fused-ring (bicyclic) bond motifs is 1. The number of carbonyl (C=O) groups is 1. The molecular formula is C11H7BrO3. The predicted octanol–water partition coefficient (Wildman–Crippen LogP) is 2.50. The Labute approximate surface area is 93.8 Å². The summed E-state index contributed by atoms with van der Waals surface area (Å²) in [5.74, 6) is 0.0931. The molecule has 0 N–H and O–H groups in total. The topological polar surface area (TPSA) is 47.3 Å². The van der Waals surface area contributed by atoms with Gasteiger partial charge in [-0.1, -0.05) is 28.1 Å². The van der Waals surface area contributed by atoms with E-state index in [1.165, 1.54) is 0 Å². The summed E-state index contributed by atoms with van der Waals surface area (Å²) in [7, 11) is 0. The van der Waals surface area contributed by atoms with Gasteiger partial charge in [-0.3, -0.25) is 9.59 Å². The van der Waals surface area contributed by atoms with E-state index in [0.29, 0.717) is 28.1 Å². The van der Waals surface area contributed by atoms with Crippen molar-refractivity contribution in [3.63, 3.8) is 0 Å². The molecule has 15 heavy (non-hydrogen) atoms. The lowest BCUT2D eigenvalue weighted by molar-refractivity contribution is 0.110. The van der Waals surface area contributed by atoms with E-state index in [1.54, 1.807) is 24.3 Å². The largest absolute Gasteiger partial charge is 0.453 e. The molecule has 0 aliphatic carbocycles. The van der Waals surface area contributed by atoms with Crippen molar-refractivity contribution in [1.82, 2.24) is 0 Å². The highest BCUT2D eigenvalue weighted by atomic mass is 79.9. The van der Waals surface area contributed by atoms with Crippen molar-refractivity contribution in [2.24, 2.45) is 0 Å². The molecule has 0 fully saturated rings. The van der Waals surface area contributed by atoms with Crippen LogP contribution in [0.1, 0.15) is 16.1 Å². The molecule has 0 radical (unpaired) electrons. The quantitative estimate of drug-likeness (QED) is 0.620. The Morgan fingerprint density at radius 2 is 2.07 bits per heavy atom. The summed E-state index contributed by atoms with van der Waals surface area (Å²) in [6.45, 7) is 0. The number of halogens is 1. The fraction of sp³-hybridized carbons (Fsp3) is 0.0909. The number of aldehydes is 1. The van der Waals surface area contributed by atoms with E-state index in [0.717, 1.165) is 0 Å². The van der Waals surface area contributed by atoms with Crippen molar-refractivity contribution in [1.29, 1.82) is 0 Å². The van der Waals surface area contributed by atoms with Gasteiger partial charge in [0.15, 0.2) is 17.5 Å². The number of alkyl halides is 1. The van der Waals surface area contributed by atoms with E-state index < -0.39 is 0 Å². The summed E-state index contributed by atoms with van der Waals surface area (Å²) in [5, 5.41) is 0.811. The van der Waals surface area contributed by atoms with Crippen LogP contribution in [-0.4, -0.2) is 6.29 Å². The van der Waals surface area contributed by atoms with Crippen LogP contribution in [0.4, 0.5) is 0 Å². The molecule has 0 bridgehead atoms. The number of rotatable bonds is 2. The van der Waals surface area contributed by atoms with Crippen LogP contribution in [0.15, 0.2) is 33.5 Å². The Morgan fingerprint density at radius 1 is 1.33 bits per heavy atom. The number of carbonyl (C=O) groups excluding carboxylic acids is 1. The lowest BCUT2D eigenvalue weighted by atomic mass is 10.1. The molecule has 0 aliphatic heterocycles. The third kappa shape index (κ3) is 1.61.